The molecule has 0 aromatic carbocycles. The quantitative estimate of drug-likeness (QED) is 0.486. The van der Waals surface area contributed by atoms with Crippen molar-refractivity contribution in [3.05, 3.63) is 4.32 Å². The first kappa shape index (κ1) is 8.53. The number of imidazole rings is 1. The molecule has 1 heterocycles. The fraction of sp³-hybridized carbons (Fsp3) is 0.400. The van der Waals surface area contributed by atoms with Crippen LogP contribution in [0.4, 0.5) is 0 Å². The van der Waals surface area contributed by atoms with E-state index in [1.807, 2.05) is 23.2 Å². The van der Waals surface area contributed by atoms with Crippen molar-refractivity contribution in [3.63, 3.8) is 0 Å². The molecule has 0 amide bonds. The molecule has 10 heavy (non-hydrogen) atoms. The molecule has 2 nitrogen and oxygen atoms in total. The second-order valence-corrected chi connectivity index (χ2v) is 3.66. The number of nitrogens with zero attached hydrogens (tertiary/aromatic N) is 2. The molecule has 0 bridgehead atoms. The van der Waals surface area contributed by atoms with Crippen LogP contribution in [0.15, 0.2) is 10.1 Å². The molecule has 0 saturated carbocycles. The zero-order chi connectivity index (χ0) is 7.89. The number of hydrogen-bond acceptors (Lipinski definition) is 2. The van der Waals surface area contributed by atoms with E-state index in [1.54, 1.807) is 0 Å². The Hall–Kier alpha value is 0.429. The fourth-order valence-electron chi connectivity index (χ4n) is 0.706. The summed E-state index contributed by atoms with van der Waals surface area (Å²) >= 11 is 11.4. The van der Waals surface area contributed by atoms with Gasteiger partial charge in [-0.2, -0.15) is 0 Å². The van der Waals surface area contributed by atoms with Crippen LogP contribution >= 0.6 is 25.3 Å². The van der Waals surface area contributed by atoms with Crippen LogP contribution in [0.1, 0.15) is 0 Å². The Bertz CT molecular complexity index is 284. The van der Waals surface area contributed by atoms with Gasteiger partial charge in [-0.05, 0) is 0 Å². The summed E-state index contributed by atoms with van der Waals surface area (Å²) in [7, 11) is 3.88. The third-order valence-corrected chi connectivity index (χ3v) is 3.76. The van der Waals surface area contributed by atoms with Gasteiger partial charge in [0.15, 0.2) is 0 Å². The van der Waals surface area contributed by atoms with Crippen LogP contribution in [0.25, 0.3) is 0 Å². The summed E-state index contributed by atoms with van der Waals surface area (Å²) < 4.78 is 4.90. The van der Waals surface area contributed by atoms with E-state index in [4.69, 9.17) is 0 Å². The number of hydrogen-bond donors (Lipinski definition) is 2. The SMILES string of the molecule is Cn1c(S)c(S)n(C)c1=[Se]. The monoisotopic (exact) mass is 240 g/mol. The van der Waals surface area contributed by atoms with E-state index in [-0.39, 0.29) is 0 Å². The molecular weight excluding hydrogens is 231 g/mol. The predicted octanol–water partition coefficient (Wildman–Crippen LogP) is 0.641. The molecule has 1 rings (SSSR count). The molecule has 0 atom stereocenters. The third-order valence-electron chi connectivity index (χ3n) is 1.41. The van der Waals surface area contributed by atoms with Gasteiger partial charge in [0.25, 0.3) is 0 Å². The van der Waals surface area contributed by atoms with Gasteiger partial charge >= 0.3 is 78.4 Å². The topological polar surface area (TPSA) is 9.86 Å². The van der Waals surface area contributed by atoms with Gasteiger partial charge in [-0.1, -0.05) is 0 Å². The zero-order valence-electron chi connectivity index (χ0n) is 5.70. The van der Waals surface area contributed by atoms with Gasteiger partial charge in [0, 0.05) is 0 Å². The van der Waals surface area contributed by atoms with Crippen molar-refractivity contribution in [2.24, 2.45) is 14.1 Å². The van der Waals surface area contributed by atoms with Gasteiger partial charge in [0.1, 0.15) is 0 Å². The predicted molar refractivity (Wildman–Crippen MR) is 47.9 cm³/mol. The zero-order valence-corrected chi connectivity index (χ0v) is 9.20. The molecule has 0 aliphatic carbocycles. The number of thiol groups is 2. The molecular formula is C5H8N2S2Se. The molecule has 0 spiro atoms. The van der Waals surface area contributed by atoms with E-state index in [2.05, 4.69) is 40.8 Å². The summed E-state index contributed by atoms with van der Waals surface area (Å²) in [6.07, 6.45) is 0. The van der Waals surface area contributed by atoms with Gasteiger partial charge in [0.2, 0.25) is 0 Å². The molecule has 1 aromatic rings. The van der Waals surface area contributed by atoms with Crippen molar-refractivity contribution in [1.82, 2.24) is 9.13 Å². The summed E-state index contributed by atoms with van der Waals surface area (Å²) in [5.41, 5.74) is 0. The van der Waals surface area contributed by atoms with E-state index >= 15 is 0 Å². The van der Waals surface area contributed by atoms with E-state index in [0.29, 0.717) is 0 Å². The van der Waals surface area contributed by atoms with Crippen LogP contribution in [0.3, 0.4) is 0 Å². The molecule has 0 saturated heterocycles. The number of rotatable bonds is 0. The minimum absolute atomic E-state index is 0.875. The van der Waals surface area contributed by atoms with Crippen molar-refractivity contribution < 1.29 is 0 Å². The standard InChI is InChI=1S/C5H8N2S2Se/c1-6-3(8)4(9)7(2)5(6)10/h8-9H,1-2H3. The summed E-state index contributed by atoms with van der Waals surface area (Å²) in [5, 5.41) is 1.75. The first-order chi connectivity index (χ1) is 4.55. The Morgan fingerprint density at radius 1 is 1.10 bits per heavy atom. The van der Waals surface area contributed by atoms with E-state index < -0.39 is 0 Å². The summed E-state index contributed by atoms with van der Waals surface area (Å²) in [4.78, 5) is 0. The minimum atomic E-state index is 0.875. The van der Waals surface area contributed by atoms with Crippen molar-refractivity contribution >= 4 is 40.8 Å². The van der Waals surface area contributed by atoms with Crippen molar-refractivity contribution in [3.8, 4) is 0 Å². The van der Waals surface area contributed by atoms with Gasteiger partial charge in [-0.3, -0.25) is 0 Å². The average Bonchev–Trinajstić information content (AvgIpc) is 2.07. The van der Waals surface area contributed by atoms with Crippen LogP contribution < -0.4 is 0 Å². The van der Waals surface area contributed by atoms with Gasteiger partial charge < -0.3 is 0 Å². The van der Waals surface area contributed by atoms with Crippen LogP contribution in [0, 0.1) is 4.32 Å². The molecule has 1 aromatic heterocycles. The first-order valence-electron chi connectivity index (χ1n) is 2.69. The van der Waals surface area contributed by atoms with Crippen LogP contribution in [-0.4, -0.2) is 24.7 Å². The number of aromatic nitrogens is 2. The van der Waals surface area contributed by atoms with Crippen LogP contribution in [0.2, 0.25) is 0 Å². The Labute approximate surface area is 78.4 Å². The van der Waals surface area contributed by atoms with Crippen LogP contribution in [0.5, 0.6) is 0 Å². The molecule has 0 radical (unpaired) electrons. The fourth-order valence-corrected chi connectivity index (χ4v) is 1.88. The van der Waals surface area contributed by atoms with Crippen molar-refractivity contribution in [2.75, 3.05) is 0 Å². The average molecular weight is 239 g/mol. The third kappa shape index (κ3) is 1.11. The van der Waals surface area contributed by atoms with Gasteiger partial charge in [0.05, 0.1) is 0 Å². The molecule has 0 aliphatic rings. The molecule has 56 valence electrons. The molecule has 0 fully saturated rings. The van der Waals surface area contributed by atoms with E-state index in [0.717, 1.165) is 14.4 Å². The second-order valence-electron chi connectivity index (χ2n) is 2.05. The van der Waals surface area contributed by atoms with Crippen molar-refractivity contribution in [2.45, 2.75) is 10.1 Å². The Morgan fingerprint density at radius 3 is 1.50 bits per heavy atom. The summed E-state index contributed by atoms with van der Waals surface area (Å²) in [6, 6.07) is 0. The molecule has 0 aliphatic heterocycles. The Morgan fingerprint density at radius 2 is 1.40 bits per heavy atom. The maximum atomic E-state index is 4.25. The molecule has 5 heteroatoms. The normalized spacial score (nSPS) is 10.4. The van der Waals surface area contributed by atoms with Gasteiger partial charge in [-0.15, -0.1) is 0 Å². The van der Waals surface area contributed by atoms with Gasteiger partial charge in [-0.25, -0.2) is 0 Å². The van der Waals surface area contributed by atoms with E-state index in [1.165, 1.54) is 0 Å². The van der Waals surface area contributed by atoms with Crippen molar-refractivity contribution in [1.29, 1.82) is 0 Å². The first-order valence-corrected chi connectivity index (χ1v) is 4.44. The van der Waals surface area contributed by atoms with E-state index in [9.17, 15) is 0 Å². The maximum absolute atomic E-state index is 4.25. The second kappa shape index (κ2) is 2.81. The Kier molecular flexibility index (Phi) is 2.40. The molecule has 0 N–H and O–H groups in total. The van der Waals surface area contributed by atoms with Crippen LogP contribution in [-0.2, 0) is 14.1 Å². The molecule has 0 unspecified atom stereocenters. The summed E-state index contributed by atoms with van der Waals surface area (Å²) in [5.74, 6) is 0. The summed E-state index contributed by atoms with van der Waals surface area (Å²) in [6.45, 7) is 0. The Balaban J connectivity index is 3.60.